The molecule has 0 spiro atoms. The van der Waals surface area contributed by atoms with Gasteiger partial charge in [0.05, 0.1) is 6.26 Å². The van der Waals surface area contributed by atoms with Gasteiger partial charge in [0, 0.05) is 27.3 Å². The Hall–Kier alpha value is -5.34. The topological polar surface area (TPSA) is 26.3 Å². The van der Waals surface area contributed by atoms with Crippen LogP contribution in [-0.2, 0) is 0 Å². The van der Waals surface area contributed by atoms with E-state index in [1.54, 1.807) is 6.26 Å². The predicted octanol–water partition coefficient (Wildman–Crippen LogP) is 11.1. The summed E-state index contributed by atoms with van der Waals surface area (Å²) in [6.07, 6.45) is 1.78. The molecule has 0 aliphatic heterocycles. The van der Waals surface area contributed by atoms with E-state index in [0.29, 0.717) is 0 Å². The molecule has 0 atom stereocenters. The van der Waals surface area contributed by atoms with Crippen molar-refractivity contribution in [2.75, 3.05) is 0 Å². The maximum Gasteiger partial charge on any atom is 0.142 e. The molecular weight excluding hydrogens is 488 g/mol. The van der Waals surface area contributed by atoms with Crippen molar-refractivity contribution in [3.8, 4) is 22.3 Å². The zero-order valence-corrected chi connectivity index (χ0v) is 21.5. The van der Waals surface area contributed by atoms with Crippen molar-refractivity contribution in [2.24, 2.45) is 0 Å². The Kier molecular flexibility index (Phi) is 4.36. The van der Waals surface area contributed by atoms with E-state index in [9.17, 15) is 0 Å². The van der Waals surface area contributed by atoms with E-state index in [2.05, 4.69) is 109 Å². The van der Waals surface area contributed by atoms with Crippen LogP contribution < -0.4 is 0 Å². The van der Waals surface area contributed by atoms with Crippen molar-refractivity contribution in [1.82, 2.24) is 0 Å². The van der Waals surface area contributed by atoms with Gasteiger partial charge in [0.15, 0.2) is 0 Å². The van der Waals surface area contributed by atoms with Crippen LogP contribution in [0.4, 0.5) is 0 Å². The zero-order chi connectivity index (χ0) is 26.2. The van der Waals surface area contributed by atoms with Crippen LogP contribution in [0.2, 0.25) is 0 Å². The Morgan fingerprint density at radius 1 is 0.400 bits per heavy atom. The molecule has 9 rings (SSSR count). The highest BCUT2D eigenvalue weighted by Crippen LogP contribution is 2.50. The Balaban J connectivity index is 1.54. The summed E-state index contributed by atoms with van der Waals surface area (Å²) in [6.45, 7) is 0. The molecule has 0 bridgehead atoms. The van der Waals surface area contributed by atoms with Gasteiger partial charge in [-0.3, -0.25) is 0 Å². The van der Waals surface area contributed by atoms with Crippen molar-refractivity contribution in [3.05, 3.63) is 134 Å². The average Bonchev–Trinajstić information content (AvgIpc) is 3.63. The van der Waals surface area contributed by atoms with Crippen LogP contribution in [0.15, 0.2) is 142 Å². The van der Waals surface area contributed by atoms with Crippen LogP contribution in [-0.4, -0.2) is 0 Å². The first-order valence-electron chi connectivity index (χ1n) is 13.6. The molecule has 0 N–H and O–H groups in total. The van der Waals surface area contributed by atoms with Gasteiger partial charge < -0.3 is 8.83 Å². The van der Waals surface area contributed by atoms with Crippen LogP contribution >= 0.6 is 0 Å². The van der Waals surface area contributed by atoms with E-state index in [1.165, 1.54) is 49.0 Å². The molecule has 2 heterocycles. The van der Waals surface area contributed by atoms with Gasteiger partial charge in [-0.2, -0.15) is 0 Å². The smallest absolute Gasteiger partial charge is 0.142 e. The van der Waals surface area contributed by atoms with Crippen molar-refractivity contribution in [2.45, 2.75) is 0 Å². The van der Waals surface area contributed by atoms with E-state index in [1.807, 2.05) is 18.2 Å². The standard InChI is InChI=1S/C38H22O2/c1-2-12-25-23(10-1)11-9-18-26(25)34-27-13-3-5-15-29(27)35(30-16-6-4-14-28(30)34)37-36-31-17-7-8-19-32(31)40-33(36)22-24-20-21-39-38(24)37/h1-22H. The highest BCUT2D eigenvalue weighted by Gasteiger charge is 2.24. The van der Waals surface area contributed by atoms with Crippen molar-refractivity contribution in [3.63, 3.8) is 0 Å². The fraction of sp³-hybridized carbons (Fsp3) is 0. The number of para-hydroxylation sites is 1. The SMILES string of the molecule is c1ccc2c(-c3c4ccccc4c(-c4c5occc5cc5oc6ccccc6c45)c4ccccc34)cccc2c1. The molecule has 0 aliphatic rings. The summed E-state index contributed by atoms with van der Waals surface area (Å²) in [5.41, 5.74) is 7.39. The minimum atomic E-state index is 0.872. The molecule has 9 aromatic rings. The van der Waals surface area contributed by atoms with E-state index >= 15 is 0 Å². The molecule has 0 fully saturated rings. The molecule has 0 aliphatic carbocycles. The third-order valence-electron chi connectivity index (χ3n) is 8.32. The molecular formula is C38H22O2. The highest BCUT2D eigenvalue weighted by molar-refractivity contribution is 6.30. The van der Waals surface area contributed by atoms with Gasteiger partial charge in [-0.15, -0.1) is 0 Å². The number of fused-ring (bicyclic) bond motifs is 7. The van der Waals surface area contributed by atoms with Gasteiger partial charge in [0.1, 0.15) is 16.7 Å². The molecule has 7 aromatic carbocycles. The van der Waals surface area contributed by atoms with Crippen LogP contribution in [0.3, 0.4) is 0 Å². The summed E-state index contributed by atoms with van der Waals surface area (Å²) in [4.78, 5) is 0. The third kappa shape index (κ3) is 2.88. The maximum atomic E-state index is 6.42. The minimum Gasteiger partial charge on any atom is -0.464 e. The molecule has 0 saturated carbocycles. The van der Waals surface area contributed by atoms with Gasteiger partial charge in [-0.1, -0.05) is 109 Å². The number of benzene rings is 7. The second-order valence-corrected chi connectivity index (χ2v) is 10.4. The molecule has 0 amide bonds. The summed E-state index contributed by atoms with van der Waals surface area (Å²) in [6, 6.07) is 45.3. The number of furan rings is 2. The first-order chi connectivity index (χ1) is 19.9. The number of hydrogen-bond acceptors (Lipinski definition) is 2. The fourth-order valence-electron chi connectivity index (χ4n) is 6.68. The van der Waals surface area contributed by atoms with Gasteiger partial charge in [-0.05, 0) is 61.6 Å². The number of hydrogen-bond donors (Lipinski definition) is 0. The molecule has 186 valence electrons. The van der Waals surface area contributed by atoms with E-state index in [4.69, 9.17) is 8.83 Å². The first-order valence-corrected chi connectivity index (χ1v) is 13.6. The van der Waals surface area contributed by atoms with Gasteiger partial charge in [0.25, 0.3) is 0 Å². The van der Waals surface area contributed by atoms with E-state index in [0.717, 1.165) is 38.5 Å². The Morgan fingerprint density at radius 3 is 1.75 bits per heavy atom. The Morgan fingerprint density at radius 2 is 1.00 bits per heavy atom. The lowest BCUT2D eigenvalue weighted by molar-refractivity contribution is 0.617. The lowest BCUT2D eigenvalue weighted by Crippen LogP contribution is -1.92. The van der Waals surface area contributed by atoms with Gasteiger partial charge in [-0.25, -0.2) is 0 Å². The van der Waals surface area contributed by atoms with Crippen LogP contribution in [0.1, 0.15) is 0 Å². The molecule has 0 unspecified atom stereocenters. The Labute approximate surface area is 229 Å². The molecule has 2 heteroatoms. The molecule has 0 saturated heterocycles. The molecule has 2 nitrogen and oxygen atoms in total. The quantitative estimate of drug-likeness (QED) is 0.216. The monoisotopic (exact) mass is 510 g/mol. The normalized spacial score (nSPS) is 12.0. The largest absolute Gasteiger partial charge is 0.464 e. The average molecular weight is 511 g/mol. The predicted molar refractivity (Wildman–Crippen MR) is 167 cm³/mol. The van der Waals surface area contributed by atoms with Gasteiger partial charge in [0.2, 0.25) is 0 Å². The van der Waals surface area contributed by atoms with Crippen molar-refractivity contribution >= 4 is 65.2 Å². The van der Waals surface area contributed by atoms with Crippen LogP contribution in [0.5, 0.6) is 0 Å². The third-order valence-corrected chi connectivity index (χ3v) is 8.32. The number of rotatable bonds is 2. The molecule has 40 heavy (non-hydrogen) atoms. The highest BCUT2D eigenvalue weighted by atomic mass is 16.3. The molecule has 2 aromatic heterocycles. The van der Waals surface area contributed by atoms with Gasteiger partial charge >= 0.3 is 0 Å². The first kappa shape index (κ1) is 21.6. The second kappa shape index (κ2) is 8.08. The lowest BCUT2D eigenvalue weighted by Gasteiger charge is -2.19. The zero-order valence-electron chi connectivity index (χ0n) is 21.5. The van der Waals surface area contributed by atoms with Crippen LogP contribution in [0, 0.1) is 0 Å². The lowest BCUT2D eigenvalue weighted by atomic mass is 9.83. The van der Waals surface area contributed by atoms with E-state index in [-0.39, 0.29) is 0 Å². The molecule has 0 radical (unpaired) electrons. The van der Waals surface area contributed by atoms with Crippen molar-refractivity contribution in [1.29, 1.82) is 0 Å². The van der Waals surface area contributed by atoms with Crippen molar-refractivity contribution < 1.29 is 8.83 Å². The maximum absolute atomic E-state index is 6.42. The van der Waals surface area contributed by atoms with E-state index < -0.39 is 0 Å². The summed E-state index contributed by atoms with van der Waals surface area (Å²) in [7, 11) is 0. The summed E-state index contributed by atoms with van der Waals surface area (Å²) in [5.74, 6) is 0. The minimum absolute atomic E-state index is 0.872. The Bertz CT molecular complexity index is 2370. The summed E-state index contributed by atoms with van der Waals surface area (Å²) in [5, 5.41) is 10.5. The summed E-state index contributed by atoms with van der Waals surface area (Å²) < 4.78 is 12.7. The fourth-order valence-corrected chi connectivity index (χ4v) is 6.68. The second-order valence-electron chi connectivity index (χ2n) is 10.4. The van der Waals surface area contributed by atoms with Crippen LogP contribution in [0.25, 0.3) is 87.5 Å². The summed E-state index contributed by atoms with van der Waals surface area (Å²) >= 11 is 0.